The van der Waals surface area contributed by atoms with Crippen LogP contribution in [0.4, 0.5) is 0 Å². The molecule has 0 radical (unpaired) electrons. The average Bonchev–Trinajstić information content (AvgIpc) is 3.09. The van der Waals surface area contributed by atoms with Gasteiger partial charge in [-0.3, -0.25) is 4.68 Å². The molecule has 0 saturated carbocycles. The number of hydrogen-bond acceptors (Lipinski definition) is 3. The monoisotopic (exact) mass is 349 g/mol. The number of nitrogens with zero attached hydrogens (tertiary/aromatic N) is 2. The first-order chi connectivity index (χ1) is 10.2. The lowest BCUT2D eigenvalue weighted by Gasteiger charge is -2.20. The second-order valence-electron chi connectivity index (χ2n) is 5.34. The van der Waals surface area contributed by atoms with Crippen LogP contribution in [0.5, 0.6) is 0 Å². The van der Waals surface area contributed by atoms with Gasteiger partial charge in [-0.15, -0.1) is 0 Å². The van der Waals surface area contributed by atoms with Crippen molar-refractivity contribution in [1.82, 2.24) is 15.1 Å². The van der Waals surface area contributed by atoms with Gasteiger partial charge < -0.3 is 10.1 Å². The third-order valence-corrected chi connectivity index (χ3v) is 4.52. The summed E-state index contributed by atoms with van der Waals surface area (Å²) in [6, 6.07) is 6.74. The summed E-state index contributed by atoms with van der Waals surface area (Å²) < 4.78 is 8.64. The van der Waals surface area contributed by atoms with Crippen molar-refractivity contribution in [3.05, 3.63) is 51.3 Å². The first-order valence-electron chi connectivity index (χ1n) is 7.32. The molecule has 1 unspecified atom stereocenters. The maximum absolute atomic E-state index is 5.51. The number of halogens is 1. The first kappa shape index (κ1) is 14.8. The van der Waals surface area contributed by atoms with Gasteiger partial charge in [0, 0.05) is 6.54 Å². The van der Waals surface area contributed by atoms with Crippen LogP contribution in [0, 0.1) is 0 Å². The third kappa shape index (κ3) is 2.78. The van der Waals surface area contributed by atoms with Crippen molar-refractivity contribution in [1.29, 1.82) is 0 Å². The smallest absolute Gasteiger partial charge is 0.0757 e. The maximum atomic E-state index is 5.51. The Balaban J connectivity index is 2.00. The normalized spacial score (nSPS) is 15.2. The van der Waals surface area contributed by atoms with Crippen LogP contribution in [0.15, 0.2) is 28.9 Å². The van der Waals surface area contributed by atoms with E-state index in [0.717, 1.165) is 30.7 Å². The zero-order valence-corrected chi connectivity index (χ0v) is 14.0. The van der Waals surface area contributed by atoms with E-state index in [9.17, 15) is 0 Å². The molecule has 112 valence electrons. The number of ether oxygens (including phenoxy) is 1. The molecule has 21 heavy (non-hydrogen) atoms. The van der Waals surface area contributed by atoms with E-state index in [1.165, 1.54) is 22.4 Å². The number of aromatic nitrogens is 2. The Morgan fingerprint density at radius 2 is 2.19 bits per heavy atom. The summed E-state index contributed by atoms with van der Waals surface area (Å²) in [4.78, 5) is 0. The van der Waals surface area contributed by atoms with E-state index in [2.05, 4.69) is 56.2 Å². The summed E-state index contributed by atoms with van der Waals surface area (Å²) in [6.45, 7) is 4.54. The van der Waals surface area contributed by atoms with Gasteiger partial charge in [-0.05, 0) is 46.1 Å². The van der Waals surface area contributed by atoms with Gasteiger partial charge in [0.05, 0.1) is 35.6 Å². The van der Waals surface area contributed by atoms with Gasteiger partial charge in [-0.2, -0.15) is 5.10 Å². The zero-order chi connectivity index (χ0) is 14.8. The Labute approximate surface area is 133 Å². The highest BCUT2D eigenvalue weighted by molar-refractivity contribution is 9.10. The van der Waals surface area contributed by atoms with Crippen LogP contribution in [0.1, 0.15) is 41.8 Å². The minimum Gasteiger partial charge on any atom is -0.372 e. The lowest BCUT2D eigenvalue weighted by atomic mass is 9.99. The van der Waals surface area contributed by atoms with Crippen LogP contribution >= 0.6 is 15.9 Å². The van der Waals surface area contributed by atoms with Crippen LogP contribution in [0.3, 0.4) is 0 Å². The third-order valence-electron chi connectivity index (χ3n) is 3.91. The Hall–Kier alpha value is -1.17. The Kier molecular flexibility index (Phi) is 4.42. The van der Waals surface area contributed by atoms with Crippen LogP contribution in [0.2, 0.25) is 0 Å². The molecule has 2 aromatic rings. The first-order valence-corrected chi connectivity index (χ1v) is 8.11. The van der Waals surface area contributed by atoms with Crippen LogP contribution in [-0.4, -0.2) is 16.8 Å². The molecule has 3 rings (SSSR count). The zero-order valence-electron chi connectivity index (χ0n) is 12.4. The van der Waals surface area contributed by atoms with Gasteiger partial charge in [0.15, 0.2) is 0 Å². The van der Waals surface area contributed by atoms with Gasteiger partial charge in [0.2, 0.25) is 0 Å². The summed E-state index contributed by atoms with van der Waals surface area (Å²) in [5.41, 5.74) is 5.03. The molecule has 5 heteroatoms. The van der Waals surface area contributed by atoms with Gasteiger partial charge in [-0.1, -0.05) is 25.1 Å². The van der Waals surface area contributed by atoms with E-state index >= 15 is 0 Å². The van der Waals surface area contributed by atoms with Crippen molar-refractivity contribution in [3.63, 3.8) is 0 Å². The molecule has 1 aliphatic rings. The fraction of sp³-hybridized carbons (Fsp3) is 0.438. The molecular formula is C16H20BrN3O. The summed E-state index contributed by atoms with van der Waals surface area (Å²) in [5, 5.41) is 7.90. The summed E-state index contributed by atoms with van der Waals surface area (Å²) in [7, 11) is 1.99. The minimum absolute atomic E-state index is 0.124. The molecule has 1 aliphatic heterocycles. The van der Waals surface area contributed by atoms with E-state index in [4.69, 9.17) is 4.74 Å². The Morgan fingerprint density at radius 3 is 2.95 bits per heavy atom. The molecular weight excluding hydrogens is 330 g/mol. The lowest BCUT2D eigenvalue weighted by molar-refractivity contribution is 0.134. The second kappa shape index (κ2) is 6.30. The molecule has 0 bridgehead atoms. The van der Waals surface area contributed by atoms with Crippen molar-refractivity contribution in [2.75, 3.05) is 7.05 Å². The molecule has 1 aromatic heterocycles. The highest BCUT2D eigenvalue weighted by Crippen LogP contribution is 2.31. The average molecular weight is 350 g/mol. The number of fused-ring (bicyclic) bond motifs is 1. The summed E-state index contributed by atoms with van der Waals surface area (Å²) in [5.74, 6) is 0. The molecule has 0 aliphatic carbocycles. The molecule has 0 fully saturated rings. The number of nitrogens with one attached hydrogen (secondary N) is 1. The van der Waals surface area contributed by atoms with Crippen LogP contribution in [0.25, 0.3) is 0 Å². The molecule has 0 spiro atoms. The standard InChI is InChI=1S/C16H20BrN3O/c1-3-6-20-16(14(17)8-19-20)15(18-2)11-4-5-12-9-21-10-13(12)7-11/h4-5,7-8,15,18H,3,6,9-10H2,1-2H3. The molecule has 1 N–H and O–H groups in total. The second-order valence-corrected chi connectivity index (χ2v) is 6.20. The quantitative estimate of drug-likeness (QED) is 0.898. The molecule has 4 nitrogen and oxygen atoms in total. The largest absolute Gasteiger partial charge is 0.372 e. The Morgan fingerprint density at radius 1 is 1.38 bits per heavy atom. The van der Waals surface area contributed by atoms with Crippen LogP contribution < -0.4 is 5.32 Å². The summed E-state index contributed by atoms with van der Waals surface area (Å²) >= 11 is 3.64. The SMILES string of the molecule is CCCn1ncc(Br)c1C(NC)c1ccc2c(c1)COC2. The molecule has 1 aromatic carbocycles. The molecule has 2 heterocycles. The lowest BCUT2D eigenvalue weighted by Crippen LogP contribution is -2.22. The van der Waals surface area contributed by atoms with E-state index in [-0.39, 0.29) is 6.04 Å². The fourth-order valence-electron chi connectivity index (χ4n) is 2.88. The van der Waals surface area contributed by atoms with E-state index in [1.807, 2.05) is 13.2 Å². The van der Waals surface area contributed by atoms with E-state index < -0.39 is 0 Å². The fourth-order valence-corrected chi connectivity index (χ4v) is 3.41. The van der Waals surface area contributed by atoms with Gasteiger partial charge in [0.25, 0.3) is 0 Å². The van der Waals surface area contributed by atoms with E-state index in [1.54, 1.807) is 0 Å². The van der Waals surface area contributed by atoms with Crippen molar-refractivity contribution in [3.8, 4) is 0 Å². The molecule has 0 amide bonds. The Bertz CT molecular complexity index is 638. The van der Waals surface area contributed by atoms with Crippen molar-refractivity contribution in [2.45, 2.75) is 39.1 Å². The predicted octanol–water partition coefficient (Wildman–Crippen LogP) is 3.39. The highest BCUT2D eigenvalue weighted by atomic mass is 79.9. The van der Waals surface area contributed by atoms with Crippen LogP contribution in [-0.2, 0) is 24.5 Å². The van der Waals surface area contributed by atoms with Gasteiger partial charge in [-0.25, -0.2) is 0 Å². The predicted molar refractivity (Wildman–Crippen MR) is 86.1 cm³/mol. The van der Waals surface area contributed by atoms with Crippen molar-refractivity contribution < 1.29 is 4.74 Å². The number of hydrogen-bond donors (Lipinski definition) is 1. The van der Waals surface area contributed by atoms with Crippen molar-refractivity contribution in [2.24, 2.45) is 0 Å². The number of aryl methyl sites for hydroxylation is 1. The van der Waals surface area contributed by atoms with Gasteiger partial charge in [0.1, 0.15) is 0 Å². The molecule has 1 atom stereocenters. The molecule has 0 saturated heterocycles. The van der Waals surface area contributed by atoms with Crippen molar-refractivity contribution >= 4 is 15.9 Å². The highest BCUT2D eigenvalue weighted by Gasteiger charge is 2.22. The van der Waals surface area contributed by atoms with Gasteiger partial charge >= 0.3 is 0 Å². The van der Waals surface area contributed by atoms with E-state index in [0.29, 0.717) is 0 Å². The maximum Gasteiger partial charge on any atom is 0.0757 e. The topological polar surface area (TPSA) is 39.1 Å². The number of benzene rings is 1. The minimum atomic E-state index is 0.124. The summed E-state index contributed by atoms with van der Waals surface area (Å²) in [6.07, 6.45) is 2.95. The number of rotatable bonds is 5.